The van der Waals surface area contributed by atoms with Crippen LogP contribution in [0.25, 0.3) is 0 Å². The van der Waals surface area contributed by atoms with Crippen molar-refractivity contribution >= 4 is 6.29 Å². The fourth-order valence-corrected chi connectivity index (χ4v) is 2.43. The topological polar surface area (TPSA) is 42.7 Å². The van der Waals surface area contributed by atoms with Crippen molar-refractivity contribution in [3.8, 4) is 0 Å². The second-order valence-corrected chi connectivity index (χ2v) is 4.62. The second kappa shape index (κ2) is 5.98. The molecule has 4 heteroatoms. The summed E-state index contributed by atoms with van der Waals surface area (Å²) in [5.41, 5.74) is 0. The number of likely N-dealkylation sites (tertiary alicyclic amines) is 1. The first-order valence-electron chi connectivity index (χ1n) is 6.07. The first-order valence-corrected chi connectivity index (χ1v) is 6.07. The monoisotopic (exact) mass is 237 g/mol. The normalized spacial score (nSPS) is 21.6. The Balaban J connectivity index is 1.87. The van der Waals surface area contributed by atoms with Crippen LogP contribution >= 0.6 is 0 Å². The van der Waals surface area contributed by atoms with Crippen molar-refractivity contribution in [3.05, 3.63) is 23.7 Å². The largest absolute Gasteiger partial charge is 0.457 e. The van der Waals surface area contributed by atoms with Crippen LogP contribution < -0.4 is 0 Å². The summed E-state index contributed by atoms with van der Waals surface area (Å²) in [5.74, 6) is 1.89. The highest BCUT2D eigenvalue weighted by atomic mass is 16.5. The van der Waals surface area contributed by atoms with E-state index in [0.717, 1.165) is 38.3 Å². The van der Waals surface area contributed by atoms with Crippen molar-refractivity contribution < 1.29 is 13.9 Å². The van der Waals surface area contributed by atoms with Gasteiger partial charge >= 0.3 is 0 Å². The SMILES string of the molecule is COCC1CCCN(Cc2ccc(C=O)o2)C1. The average Bonchev–Trinajstić information content (AvgIpc) is 2.78. The van der Waals surface area contributed by atoms with E-state index in [2.05, 4.69) is 4.90 Å². The van der Waals surface area contributed by atoms with E-state index >= 15 is 0 Å². The highest BCUT2D eigenvalue weighted by molar-refractivity contribution is 5.70. The van der Waals surface area contributed by atoms with Gasteiger partial charge in [-0.15, -0.1) is 0 Å². The van der Waals surface area contributed by atoms with Gasteiger partial charge in [-0.1, -0.05) is 0 Å². The van der Waals surface area contributed by atoms with Gasteiger partial charge in [-0.3, -0.25) is 9.69 Å². The summed E-state index contributed by atoms with van der Waals surface area (Å²) in [6.45, 7) is 3.75. The van der Waals surface area contributed by atoms with Gasteiger partial charge in [0.2, 0.25) is 0 Å². The highest BCUT2D eigenvalue weighted by Crippen LogP contribution is 2.19. The molecule has 0 bridgehead atoms. The van der Waals surface area contributed by atoms with Crippen LogP contribution in [0.5, 0.6) is 0 Å². The molecule has 1 fully saturated rings. The Bertz CT molecular complexity index is 359. The van der Waals surface area contributed by atoms with E-state index < -0.39 is 0 Å². The number of methoxy groups -OCH3 is 1. The maximum atomic E-state index is 10.5. The maximum absolute atomic E-state index is 10.5. The molecule has 0 aliphatic carbocycles. The Morgan fingerprint density at radius 3 is 3.18 bits per heavy atom. The number of hydrogen-bond acceptors (Lipinski definition) is 4. The molecule has 1 aliphatic rings. The summed E-state index contributed by atoms with van der Waals surface area (Å²) in [7, 11) is 1.75. The molecule has 0 radical (unpaired) electrons. The van der Waals surface area contributed by atoms with Gasteiger partial charge in [-0.05, 0) is 37.4 Å². The molecule has 94 valence electrons. The van der Waals surface area contributed by atoms with Gasteiger partial charge in [0.25, 0.3) is 0 Å². The number of rotatable bonds is 5. The minimum atomic E-state index is 0.408. The zero-order chi connectivity index (χ0) is 12.1. The van der Waals surface area contributed by atoms with E-state index in [1.54, 1.807) is 13.2 Å². The van der Waals surface area contributed by atoms with Gasteiger partial charge in [-0.25, -0.2) is 0 Å². The van der Waals surface area contributed by atoms with Gasteiger partial charge < -0.3 is 9.15 Å². The lowest BCUT2D eigenvalue weighted by atomic mass is 9.99. The summed E-state index contributed by atoms with van der Waals surface area (Å²) >= 11 is 0. The van der Waals surface area contributed by atoms with E-state index in [0.29, 0.717) is 11.7 Å². The first-order chi connectivity index (χ1) is 8.31. The van der Waals surface area contributed by atoms with Crippen LogP contribution in [0.4, 0.5) is 0 Å². The molecule has 0 N–H and O–H groups in total. The predicted octanol–water partition coefficient (Wildman–Crippen LogP) is 1.95. The zero-order valence-corrected chi connectivity index (χ0v) is 10.2. The molecule has 1 unspecified atom stereocenters. The van der Waals surface area contributed by atoms with E-state index in [9.17, 15) is 4.79 Å². The number of carbonyl (C=O) groups is 1. The van der Waals surface area contributed by atoms with Crippen LogP contribution in [0.2, 0.25) is 0 Å². The zero-order valence-electron chi connectivity index (χ0n) is 10.2. The molecule has 0 spiro atoms. The number of ether oxygens (including phenoxy) is 1. The highest BCUT2D eigenvalue weighted by Gasteiger charge is 2.20. The van der Waals surface area contributed by atoms with Gasteiger partial charge in [0, 0.05) is 13.7 Å². The number of carbonyl (C=O) groups excluding carboxylic acids is 1. The first kappa shape index (κ1) is 12.3. The summed E-state index contributed by atoms with van der Waals surface area (Å²) in [6, 6.07) is 3.60. The molecular weight excluding hydrogens is 218 g/mol. The Labute approximate surface area is 102 Å². The fraction of sp³-hybridized carbons (Fsp3) is 0.615. The minimum Gasteiger partial charge on any atom is -0.457 e. The Hall–Kier alpha value is -1.13. The van der Waals surface area contributed by atoms with E-state index in [1.807, 2.05) is 6.07 Å². The molecule has 1 aromatic heterocycles. The molecule has 2 rings (SSSR count). The van der Waals surface area contributed by atoms with Crippen LogP contribution in [0, 0.1) is 5.92 Å². The number of aldehydes is 1. The maximum Gasteiger partial charge on any atom is 0.185 e. The van der Waals surface area contributed by atoms with Crippen LogP contribution in [0.1, 0.15) is 29.2 Å². The van der Waals surface area contributed by atoms with Crippen molar-refractivity contribution in [1.29, 1.82) is 0 Å². The molecule has 1 aliphatic heterocycles. The smallest absolute Gasteiger partial charge is 0.185 e. The van der Waals surface area contributed by atoms with Crippen LogP contribution in [-0.2, 0) is 11.3 Å². The summed E-state index contributed by atoms with van der Waals surface area (Å²) in [5, 5.41) is 0. The Morgan fingerprint density at radius 1 is 1.59 bits per heavy atom. The van der Waals surface area contributed by atoms with Gasteiger partial charge in [-0.2, -0.15) is 0 Å². The summed E-state index contributed by atoms with van der Waals surface area (Å²) < 4.78 is 10.6. The lowest BCUT2D eigenvalue weighted by Crippen LogP contribution is -2.36. The molecule has 1 atom stereocenters. The van der Waals surface area contributed by atoms with Crippen LogP contribution in [0.3, 0.4) is 0 Å². The van der Waals surface area contributed by atoms with E-state index in [-0.39, 0.29) is 0 Å². The number of piperidine rings is 1. The van der Waals surface area contributed by atoms with Gasteiger partial charge in [0.1, 0.15) is 5.76 Å². The fourth-order valence-electron chi connectivity index (χ4n) is 2.43. The molecule has 4 nitrogen and oxygen atoms in total. The van der Waals surface area contributed by atoms with Gasteiger partial charge in [0.15, 0.2) is 12.0 Å². The summed E-state index contributed by atoms with van der Waals surface area (Å²) in [6.07, 6.45) is 3.19. The summed E-state index contributed by atoms with van der Waals surface area (Å²) in [4.78, 5) is 12.9. The third-order valence-corrected chi connectivity index (χ3v) is 3.18. The Morgan fingerprint density at radius 2 is 2.47 bits per heavy atom. The van der Waals surface area contributed by atoms with Crippen molar-refractivity contribution in [2.45, 2.75) is 19.4 Å². The average molecular weight is 237 g/mol. The van der Waals surface area contributed by atoms with Crippen molar-refractivity contribution in [3.63, 3.8) is 0 Å². The van der Waals surface area contributed by atoms with Crippen LogP contribution in [-0.4, -0.2) is 38.0 Å². The number of nitrogens with zero attached hydrogens (tertiary/aromatic N) is 1. The van der Waals surface area contributed by atoms with Crippen molar-refractivity contribution in [2.24, 2.45) is 5.92 Å². The van der Waals surface area contributed by atoms with Gasteiger partial charge in [0.05, 0.1) is 13.2 Å². The molecule has 1 aromatic rings. The lowest BCUT2D eigenvalue weighted by Gasteiger charge is -2.31. The van der Waals surface area contributed by atoms with Crippen LogP contribution in [0.15, 0.2) is 16.5 Å². The molecule has 0 aromatic carbocycles. The second-order valence-electron chi connectivity index (χ2n) is 4.62. The van der Waals surface area contributed by atoms with E-state index in [4.69, 9.17) is 9.15 Å². The predicted molar refractivity (Wildman–Crippen MR) is 64.0 cm³/mol. The molecule has 2 heterocycles. The third-order valence-electron chi connectivity index (χ3n) is 3.18. The number of furan rings is 1. The molecule has 0 amide bonds. The Kier molecular flexibility index (Phi) is 4.34. The minimum absolute atomic E-state index is 0.408. The molecular formula is C13H19NO3. The lowest BCUT2D eigenvalue weighted by molar-refractivity contribution is 0.0836. The quantitative estimate of drug-likeness (QED) is 0.734. The molecule has 0 saturated carbocycles. The third kappa shape index (κ3) is 3.41. The number of hydrogen-bond donors (Lipinski definition) is 0. The van der Waals surface area contributed by atoms with Crippen molar-refractivity contribution in [2.75, 3.05) is 26.8 Å². The molecule has 17 heavy (non-hydrogen) atoms. The molecule has 1 saturated heterocycles. The van der Waals surface area contributed by atoms with E-state index in [1.165, 1.54) is 12.8 Å². The van der Waals surface area contributed by atoms with Crippen molar-refractivity contribution in [1.82, 2.24) is 4.90 Å². The standard InChI is InChI=1S/C13H19NO3/c1-16-10-11-3-2-6-14(7-11)8-12-4-5-13(9-15)17-12/h4-5,9,11H,2-3,6-8,10H2,1H3.